The summed E-state index contributed by atoms with van der Waals surface area (Å²) < 4.78 is 10.8. The Morgan fingerprint density at radius 1 is 1.00 bits per heavy atom. The van der Waals surface area contributed by atoms with Crippen molar-refractivity contribution in [2.45, 2.75) is 72.2 Å². The fraction of sp³-hybridized carbons (Fsp3) is 0.448. The zero-order chi connectivity index (χ0) is 26.8. The van der Waals surface area contributed by atoms with Gasteiger partial charge in [0.15, 0.2) is 11.2 Å². The molecule has 3 aromatic heterocycles. The van der Waals surface area contributed by atoms with Gasteiger partial charge in [-0.05, 0) is 50.2 Å². The quantitative estimate of drug-likeness (QED) is 0.345. The maximum absolute atomic E-state index is 13.7. The maximum Gasteiger partial charge on any atom is 0.332 e. The molecule has 3 heterocycles. The van der Waals surface area contributed by atoms with Gasteiger partial charge in [0.2, 0.25) is 5.88 Å². The van der Waals surface area contributed by atoms with E-state index in [1.54, 1.807) is 0 Å². The highest BCUT2D eigenvalue weighted by Crippen LogP contribution is 2.32. The van der Waals surface area contributed by atoms with Crippen LogP contribution in [0.5, 0.6) is 5.88 Å². The first-order chi connectivity index (χ1) is 18.4. The number of hydrogen-bond acceptors (Lipinski definition) is 6. The molecule has 1 N–H and O–H groups in total. The van der Waals surface area contributed by atoms with Gasteiger partial charge in [-0.3, -0.25) is 13.9 Å². The van der Waals surface area contributed by atoms with E-state index in [4.69, 9.17) is 14.7 Å². The molecule has 38 heavy (non-hydrogen) atoms. The normalized spacial score (nSPS) is 17.1. The van der Waals surface area contributed by atoms with E-state index in [0.717, 1.165) is 29.7 Å². The Hall–Kier alpha value is -3.72. The number of aryl methyl sites for hydroxylation is 2. The largest absolute Gasteiger partial charge is 0.474 e. The number of imidazole rings is 1. The Labute approximate surface area is 221 Å². The average molecular weight is 518 g/mol. The third-order valence-corrected chi connectivity index (χ3v) is 7.30. The van der Waals surface area contributed by atoms with Crippen molar-refractivity contribution in [2.75, 3.05) is 6.61 Å². The number of pyridine rings is 1. The van der Waals surface area contributed by atoms with E-state index in [-0.39, 0.29) is 19.3 Å². The van der Waals surface area contributed by atoms with E-state index in [1.807, 2.05) is 60.9 Å². The summed E-state index contributed by atoms with van der Waals surface area (Å²) in [6.45, 7) is 6.93. The van der Waals surface area contributed by atoms with Crippen molar-refractivity contribution in [3.8, 4) is 17.3 Å². The lowest BCUT2D eigenvalue weighted by Crippen LogP contribution is -2.40. The van der Waals surface area contributed by atoms with Crippen LogP contribution in [0.1, 0.15) is 51.3 Å². The summed E-state index contributed by atoms with van der Waals surface area (Å²) in [7, 11) is 0. The molecule has 0 unspecified atom stereocenters. The Balaban J connectivity index is 1.71. The topological polar surface area (TPSA) is 104 Å². The summed E-state index contributed by atoms with van der Waals surface area (Å²) in [5, 5.41) is 9.36. The molecule has 0 spiro atoms. The lowest BCUT2D eigenvalue weighted by Gasteiger charge is -2.32. The summed E-state index contributed by atoms with van der Waals surface area (Å²) in [5.74, 6) is 1.88. The average Bonchev–Trinajstić information content (AvgIpc) is 3.27. The van der Waals surface area contributed by atoms with Crippen molar-refractivity contribution in [2.24, 2.45) is 5.92 Å². The van der Waals surface area contributed by atoms with Crippen molar-refractivity contribution in [3.63, 3.8) is 0 Å². The fourth-order valence-corrected chi connectivity index (χ4v) is 5.24. The van der Waals surface area contributed by atoms with Gasteiger partial charge in [0.05, 0.1) is 5.69 Å². The molecule has 9 nitrogen and oxygen atoms in total. The highest BCUT2D eigenvalue weighted by molar-refractivity contribution is 5.78. The zero-order valence-electron chi connectivity index (χ0n) is 22.3. The zero-order valence-corrected chi connectivity index (χ0v) is 22.3. The van der Waals surface area contributed by atoms with Crippen molar-refractivity contribution >= 4 is 11.2 Å². The highest BCUT2D eigenvalue weighted by atomic mass is 16.5. The van der Waals surface area contributed by atoms with Gasteiger partial charge in [0.25, 0.3) is 5.56 Å². The predicted molar refractivity (Wildman–Crippen MR) is 147 cm³/mol. The van der Waals surface area contributed by atoms with Crippen molar-refractivity contribution < 1.29 is 9.84 Å². The van der Waals surface area contributed by atoms with Crippen LogP contribution in [0, 0.1) is 5.92 Å². The van der Waals surface area contributed by atoms with Crippen LogP contribution in [0.3, 0.4) is 0 Å². The molecule has 9 heteroatoms. The van der Waals surface area contributed by atoms with Crippen molar-refractivity contribution in [3.05, 3.63) is 74.6 Å². The minimum Gasteiger partial charge on any atom is -0.474 e. The highest BCUT2D eigenvalue weighted by Gasteiger charge is 2.28. The number of hydrogen-bond donors (Lipinski definition) is 1. The molecule has 0 aliphatic heterocycles. The molecule has 0 saturated heterocycles. The summed E-state index contributed by atoms with van der Waals surface area (Å²) in [6, 6.07) is 13.7. The third kappa shape index (κ3) is 4.78. The minimum absolute atomic E-state index is 0.107. The van der Waals surface area contributed by atoms with Gasteiger partial charge in [-0.1, -0.05) is 44.2 Å². The second-order valence-electron chi connectivity index (χ2n) is 10.1. The summed E-state index contributed by atoms with van der Waals surface area (Å²) in [4.78, 5) is 36.7. The molecule has 1 aliphatic rings. The number of aromatic nitrogens is 5. The minimum atomic E-state index is -0.415. The molecule has 1 saturated carbocycles. The van der Waals surface area contributed by atoms with Gasteiger partial charge in [-0.25, -0.2) is 14.8 Å². The second-order valence-corrected chi connectivity index (χ2v) is 10.1. The smallest absolute Gasteiger partial charge is 0.332 e. The van der Waals surface area contributed by atoms with Gasteiger partial charge in [-0.15, -0.1) is 0 Å². The van der Waals surface area contributed by atoms with Crippen LogP contribution in [0.2, 0.25) is 0 Å². The van der Waals surface area contributed by atoms with Gasteiger partial charge < -0.3 is 14.4 Å². The molecule has 200 valence electrons. The van der Waals surface area contributed by atoms with Gasteiger partial charge in [0, 0.05) is 37.9 Å². The summed E-state index contributed by atoms with van der Waals surface area (Å²) in [6.07, 6.45) is 3.25. The Morgan fingerprint density at radius 2 is 1.76 bits per heavy atom. The molecular formula is C29H35N5O4. The molecule has 1 fully saturated rings. The number of benzene rings is 1. The Bertz CT molecular complexity index is 1550. The second kappa shape index (κ2) is 10.9. The van der Waals surface area contributed by atoms with E-state index in [2.05, 4.69) is 6.92 Å². The molecular weight excluding hydrogens is 482 g/mol. The van der Waals surface area contributed by atoms with Crippen molar-refractivity contribution in [1.29, 1.82) is 0 Å². The van der Waals surface area contributed by atoms with E-state index >= 15 is 0 Å². The number of nitrogens with zero attached hydrogens (tertiary/aromatic N) is 5. The lowest BCUT2D eigenvalue weighted by molar-refractivity contribution is 0.0694. The number of aliphatic hydroxyl groups is 1. The third-order valence-electron chi connectivity index (χ3n) is 7.30. The van der Waals surface area contributed by atoms with E-state index in [1.165, 1.54) is 9.13 Å². The molecule has 0 amide bonds. The number of aliphatic hydroxyl groups excluding tert-OH is 1. The molecule has 5 rings (SSSR count). The van der Waals surface area contributed by atoms with E-state index in [9.17, 15) is 14.7 Å². The number of ether oxygens (including phenoxy) is 1. The Morgan fingerprint density at radius 3 is 2.42 bits per heavy atom. The molecule has 4 aromatic rings. The van der Waals surface area contributed by atoms with Crippen LogP contribution in [0.15, 0.2) is 52.1 Å². The first-order valence-corrected chi connectivity index (χ1v) is 13.5. The van der Waals surface area contributed by atoms with Gasteiger partial charge in [-0.2, -0.15) is 0 Å². The predicted octanol–water partition coefficient (Wildman–Crippen LogP) is 3.61. The van der Waals surface area contributed by atoms with Crippen molar-refractivity contribution in [1.82, 2.24) is 23.7 Å². The van der Waals surface area contributed by atoms with Crippen LogP contribution < -0.4 is 16.0 Å². The molecule has 0 bridgehead atoms. The van der Waals surface area contributed by atoms with Crippen LogP contribution in [-0.2, 0) is 26.1 Å². The monoisotopic (exact) mass is 517 g/mol. The van der Waals surface area contributed by atoms with E-state index in [0.29, 0.717) is 54.7 Å². The summed E-state index contributed by atoms with van der Waals surface area (Å²) in [5.41, 5.74) is 2.56. The van der Waals surface area contributed by atoms with Crippen LogP contribution in [0.4, 0.5) is 0 Å². The molecule has 0 atom stereocenters. The van der Waals surface area contributed by atoms with Crippen LogP contribution >= 0.6 is 0 Å². The first-order valence-electron chi connectivity index (χ1n) is 13.5. The fourth-order valence-electron chi connectivity index (χ4n) is 5.24. The molecule has 0 radical (unpaired) electrons. The molecule has 1 aromatic carbocycles. The Kier molecular flexibility index (Phi) is 7.46. The summed E-state index contributed by atoms with van der Waals surface area (Å²) >= 11 is 0. The standard InChI is InChI=1S/C29H35N5O4/c1-4-23-22(12-13-24(30-23)38-21-16-19(3)17-21)26-31-27-25(34(26)18-20-10-7-6-8-11-20)28(36)33(14-9-15-35)29(37)32(27)5-2/h6-8,10-13,19,21,35H,4-5,9,14-18H2,1-3H3. The van der Waals surface area contributed by atoms with Gasteiger partial charge >= 0.3 is 5.69 Å². The number of rotatable bonds is 10. The van der Waals surface area contributed by atoms with Crippen LogP contribution in [0.25, 0.3) is 22.6 Å². The van der Waals surface area contributed by atoms with Gasteiger partial charge in [0.1, 0.15) is 11.9 Å². The van der Waals surface area contributed by atoms with E-state index < -0.39 is 11.2 Å². The lowest BCUT2D eigenvalue weighted by atomic mass is 9.84. The number of fused-ring (bicyclic) bond motifs is 1. The maximum atomic E-state index is 13.7. The SMILES string of the molecule is CCc1nc(OC2CC(C)C2)ccc1-c1nc2c(c(=O)n(CCCO)c(=O)n2CC)n1Cc1ccccc1. The van der Waals surface area contributed by atoms with Crippen LogP contribution in [-0.4, -0.2) is 41.5 Å². The first kappa shape index (κ1) is 25.9. The molecule has 1 aliphatic carbocycles.